The summed E-state index contributed by atoms with van der Waals surface area (Å²) < 4.78 is 29.0. The fraction of sp³-hybridized carbons (Fsp3) is 0.364. The second-order valence-corrected chi connectivity index (χ2v) is 9.48. The van der Waals surface area contributed by atoms with E-state index in [1.54, 1.807) is 17.0 Å². The second-order valence-electron chi connectivity index (χ2n) is 7.46. The Labute approximate surface area is 171 Å². The zero-order valence-electron chi connectivity index (χ0n) is 16.6. The molecule has 0 spiro atoms. The number of benzene rings is 2. The standard InChI is InChI=1S/C22H25NO5S/c1-17(24)23-14-6-13-22(23,21(25)28-16-19-7-4-3-5-8-19)15-18-9-11-20(12-10-18)29(2,26)27/h3-5,7-12H,6,13-16H2,1-2H3/t22-/m1/s1. The fourth-order valence-corrected chi connectivity index (χ4v) is 4.49. The second kappa shape index (κ2) is 8.37. The van der Waals surface area contributed by atoms with Crippen molar-refractivity contribution in [1.29, 1.82) is 0 Å². The average molecular weight is 416 g/mol. The van der Waals surface area contributed by atoms with E-state index in [0.29, 0.717) is 19.4 Å². The number of carbonyl (C=O) groups excluding carboxylic acids is 2. The lowest BCUT2D eigenvalue weighted by Crippen LogP contribution is -2.54. The molecule has 0 aliphatic carbocycles. The van der Waals surface area contributed by atoms with Crippen molar-refractivity contribution in [3.63, 3.8) is 0 Å². The van der Waals surface area contributed by atoms with Gasteiger partial charge in [-0.1, -0.05) is 42.5 Å². The van der Waals surface area contributed by atoms with E-state index in [4.69, 9.17) is 4.74 Å². The molecular formula is C22H25NO5S. The zero-order chi connectivity index (χ0) is 21.1. The summed E-state index contributed by atoms with van der Waals surface area (Å²) in [6.07, 6.45) is 2.65. The van der Waals surface area contributed by atoms with Crippen LogP contribution in [0.5, 0.6) is 0 Å². The van der Waals surface area contributed by atoms with Gasteiger partial charge in [0.15, 0.2) is 9.84 Å². The summed E-state index contributed by atoms with van der Waals surface area (Å²) in [4.78, 5) is 27.2. The first-order chi connectivity index (χ1) is 13.7. The first-order valence-electron chi connectivity index (χ1n) is 9.51. The van der Waals surface area contributed by atoms with Crippen molar-refractivity contribution in [3.05, 3.63) is 65.7 Å². The Balaban J connectivity index is 1.86. The predicted octanol–water partition coefficient (Wildman–Crippen LogP) is 2.76. The first-order valence-corrected chi connectivity index (χ1v) is 11.4. The molecule has 0 bridgehead atoms. The van der Waals surface area contributed by atoms with Crippen LogP contribution in [0.3, 0.4) is 0 Å². The largest absolute Gasteiger partial charge is 0.459 e. The SMILES string of the molecule is CC(=O)N1CCC[C@@]1(Cc1ccc(S(C)(=O)=O)cc1)C(=O)OCc1ccccc1. The number of hydrogen-bond donors (Lipinski definition) is 0. The molecule has 2 aromatic rings. The number of ether oxygens (including phenoxy) is 1. The molecule has 1 saturated heterocycles. The van der Waals surface area contributed by atoms with Gasteiger partial charge in [0.2, 0.25) is 5.91 Å². The molecule has 0 unspecified atom stereocenters. The third-order valence-corrected chi connectivity index (χ3v) is 6.44. The molecule has 1 heterocycles. The molecule has 0 saturated carbocycles. The molecule has 3 rings (SSSR count). The van der Waals surface area contributed by atoms with E-state index in [1.165, 1.54) is 19.1 Å². The van der Waals surface area contributed by atoms with Gasteiger partial charge < -0.3 is 9.64 Å². The molecule has 0 radical (unpaired) electrons. The first kappa shape index (κ1) is 21.0. The molecular weight excluding hydrogens is 390 g/mol. The van der Waals surface area contributed by atoms with Gasteiger partial charge in [-0.3, -0.25) is 4.79 Å². The Kier molecular flexibility index (Phi) is 6.07. The lowest BCUT2D eigenvalue weighted by molar-refractivity contribution is -0.162. The van der Waals surface area contributed by atoms with Crippen molar-refractivity contribution in [2.24, 2.45) is 0 Å². The third kappa shape index (κ3) is 4.67. The maximum absolute atomic E-state index is 13.2. The van der Waals surface area contributed by atoms with E-state index in [-0.39, 0.29) is 23.8 Å². The number of sulfone groups is 1. The van der Waals surface area contributed by atoms with Crippen LogP contribution in [0, 0.1) is 0 Å². The summed E-state index contributed by atoms with van der Waals surface area (Å²) in [6.45, 7) is 2.09. The van der Waals surface area contributed by atoms with Crippen LogP contribution >= 0.6 is 0 Å². The molecule has 7 heteroatoms. The van der Waals surface area contributed by atoms with Gasteiger partial charge in [-0.25, -0.2) is 13.2 Å². The van der Waals surface area contributed by atoms with E-state index in [0.717, 1.165) is 17.4 Å². The summed E-state index contributed by atoms with van der Waals surface area (Å²) >= 11 is 0. The Bertz CT molecular complexity index is 986. The van der Waals surface area contributed by atoms with E-state index < -0.39 is 21.3 Å². The average Bonchev–Trinajstić information content (AvgIpc) is 3.11. The summed E-state index contributed by atoms with van der Waals surface area (Å²) in [6, 6.07) is 15.8. The molecule has 0 N–H and O–H groups in total. The third-order valence-electron chi connectivity index (χ3n) is 5.31. The quantitative estimate of drug-likeness (QED) is 0.678. The van der Waals surface area contributed by atoms with Gasteiger partial charge in [0, 0.05) is 26.1 Å². The summed E-state index contributed by atoms with van der Waals surface area (Å²) in [5.74, 6) is -0.604. The Morgan fingerprint density at radius 3 is 2.28 bits per heavy atom. The molecule has 2 aromatic carbocycles. The Hall–Kier alpha value is -2.67. The molecule has 1 fully saturated rings. The van der Waals surface area contributed by atoms with E-state index in [1.807, 2.05) is 30.3 Å². The van der Waals surface area contributed by atoms with Crippen LogP contribution in [0.4, 0.5) is 0 Å². The summed E-state index contributed by atoms with van der Waals surface area (Å²) in [5.41, 5.74) is 0.579. The maximum atomic E-state index is 13.2. The molecule has 1 aliphatic heterocycles. The van der Waals surface area contributed by atoms with Crippen molar-refractivity contribution in [2.45, 2.75) is 43.2 Å². The molecule has 29 heavy (non-hydrogen) atoms. The van der Waals surface area contributed by atoms with Crippen LogP contribution in [0.1, 0.15) is 30.9 Å². The predicted molar refractivity (Wildman–Crippen MR) is 109 cm³/mol. The Morgan fingerprint density at radius 2 is 1.69 bits per heavy atom. The monoisotopic (exact) mass is 415 g/mol. The van der Waals surface area contributed by atoms with Crippen LogP contribution < -0.4 is 0 Å². The van der Waals surface area contributed by atoms with E-state index >= 15 is 0 Å². The van der Waals surface area contributed by atoms with Crippen LogP contribution in [0.2, 0.25) is 0 Å². The molecule has 0 aromatic heterocycles. The summed E-state index contributed by atoms with van der Waals surface area (Å²) in [7, 11) is -3.30. The highest BCUT2D eigenvalue weighted by molar-refractivity contribution is 7.90. The fourth-order valence-electron chi connectivity index (χ4n) is 3.86. The van der Waals surface area contributed by atoms with Gasteiger partial charge in [-0.15, -0.1) is 0 Å². The number of esters is 1. The lowest BCUT2D eigenvalue weighted by atomic mass is 9.88. The van der Waals surface area contributed by atoms with Crippen molar-refractivity contribution in [1.82, 2.24) is 4.90 Å². The van der Waals surface area contributed by atoms with Gasteiger partial charge in [-0.2, -0.15) is 0 Å². The van der Waals surface area contributed by atoms with Crippen molar-refractivity contribution < 1.29 is 22.7 Å². The highest BCUT2D eigenvalue weighted by Crippen LogP contribution is 2.35. The van der Waals surface area contributed by atoms with Crippen LogP contribution in [-0.4, -0.2) is 43.5 Å². The van der Waals surface area contributed by atoms with E-state index in [9.17, 15) is 18.0 Å². The molecule has 6 nitrogen and oxygen atoms in total. The number of rotatable bonds is 6. The maximum Gasteiger partial charge on any atom is 0.332 e. The smallest absolute Gasteiger partial charge is 0.332 e. The molecule has 1 amide bonds. The van der Waals surface area contributed by atoms with Gasteiger partial charge in [0.05, 0.1) is 4.90 Å². The number of likely N-dealkylation sites (tertiary alicyclic amines) is 1. The molecule has 1 aliphatic rings. The van der Waals surface area contributed by atoms with Crippen molar-refractivity contribution in [3.8, 4) is 0 Å². The van der Waals surface area contributed by atoms with Gasteiger partial charge in [-0.05, 0) is 36.1 Å². The minimum absolute atomic E-state index is 0.139. The molecule has 1 atom stereocenters. The highest BCUT2D eigenvalue weighted by atomic mass is 32.2. The van der Waals surface area contributed by atoms with E-state index in [2.05, 4.69) is 0 Å². The van der Waals surface area contributed by atoms with Gasteiger partial charge in [0.1, 0.15) is 12.1 Å². The van der Waals surface area contributed by atoms with Crippen molar-refractivity contribution in [2.75, 3.05) is 12.8 Å². The summed E-state index contributed by atoms with van der Waals surface area (Å²) in [5, 5.41) is 0. The number of hydrogen-bond acceptors (Lipinski definition) is 5. The highest BCUT2D eigenvalue weighted by Gasteiger charge is 2.50. The van der Waals surface area contributed by atoms with Crippen LogP contribution in [-0.2, 0) is 37.2 Å². The van der Waals surface area contributed by atoms with Gasteiger partial charge >= 0.3 is 5.97 Å². The van der Waals surface area contributed by atoms with Crippen molar-refractivity contribution >= 4 is 21.7 Å². The molecule has 154 valence electrons. The normalized spacial score (nSPS) is 19.2. The minimum atomic E-state index is -3.30. The van der Waals surface area contributed by atoms with Gasteiger partial charge in [0.25, 0.3) is 0 Å². The van der Waals surface area contributed by atoms with Crippen LogP contribution in [0.15, 0.2) is 59.5 Å². The number of carbonyl (C=O) groups is 2. The van der Waals surface area contributed by atoms with Crippen LogP contribution in [0.25, 0.3) is 0 Å². The zero-order valence-corrected chi connectivity index (χ0v) is 17.4. The Morgan fingerprint density at radius 1 is 1.03 bits per heavy atom. The minimum Gasteiger partial charge on any atom is -0.459 e. The lowest BCUT2D eigenvalue weighted by Gasteiger charge is -2.36. The topological polar surface area (TPSA) is 80.8 Å². The number of nitrogens with zero attached hydrogens (tertiary/aromatic N) is 1. The number of amides is 1.